The molecular formula is C19H23N5O3. The van der Waals surface area contributed by atoms with E-state index in [1.54, 1.807) is 17.3 Å². The molecule has 1 aliphatic rings. The zero-order chi connectivity index (χ0) is 19.0. The van der Waals surface area contributed by atoms with E-state index in [0.717, 1.165) is 29.4 Å². The van der Waals surface area contributed by atoms with Crippen LogP contribution in [0, 0.1) is 0 Å². The number of ether oxygens (including phenoxy) is 1. The van der Waals surface area contributed by atoms with Crippen LogP contribution in [-0.4, -0.2) is 49.8 Å². The van der Waals surface area contributed by atoms with Gasteiger partial charge >= 0.3 is 6.09 Å². The van der Waals surface area contributed by atoms with E-state index in [0.29, 0.717) is 24.8 Å². The zero-order valence-electron chi connectivity index (χ0n) is 15.7. The Morgan fingerprint density at radius 1 is 1.33 bits per heavy atom. The summed E-state index contributed by atoms with van der Waals surface area (Å²) in [5.41, 5.74) is 1.23. The van der Waals surface area contributed by atoms with E-state index in [4.69, 9.17) is 9.26 Å². The second-order valence-electron chi connectivity index (χ2n) is 7.85. The summed E-state index contributed by atoms with van der Waals surface area (Å²) in [6.45, 7) is 6.87. The molecule has 0 bridgehead atoms. The SMILES string of the molecule is CC(C)(C)OC(=O)N1CCC(c2noc(-c3cc4ccncc4[nH]3)n2)CC1. The van der Waals surface area contributed by atoms with Crippen molar-refractivity contribution in [3.05, 3.63) is 30.4 Å². The number of amides is 1. The lowest BCUT2D eigenvalue weighted by Crippen LogP contribution is -2.41. The molecule has 4 rings (SSSR count). The molecule has 3 aromatic heterocycles. The summed E-state index contributed by atoms with van der Waals surface area (Å²) in [5, 5.41) is 5.21. The van der Waals surface area contributed by atoms with Crippen molar-refractivity contribution < 1.29 is 14.1 Å². The monoisotopic (exact) mass is 369 g/mol. The second kappa shape index (κ2) is 6.68. The molecule has 1 saturated heterocycles. The highest BCUT2D eigenvalue weighted by Crippen LogP contribution is 2.29. The Morgan fingerprint density at radius 2 is 2.11 bits per heavy atom. The zero-order valence-corrected chi connectivity index (χ0v) is 15.7. The van der Waals surface area contributed by atoms with E-state index in [-0.39, 0.29) is 12.0 Å². The fourth-order valence-corrected chi connectivity index (χ4v) is 3.24. The largest absolute Gasteiger partial charge is 0.444 e. The van der Waals surface area contributed by atoms with Gasteiger partial charge in [-0.15, -0.1) is 0 Å². The summed E-state index contributed by atoms with van der Waals surface area (Å²) < 4.78 is 10.9. The summed E-state index contributed by atoms with van der Waals surface area (Å²) in [7, 11) is 0. The quantitative estimate of drug-likeness (QED) is 0.739. The third-order valence-corrected chi connectivity index (χ3v) is 4.61. The van der Waals surface area contributed by atoms with Gasteiger partial charge in [0.15, 0.2) is 5.82 Å². The lowest BCUT2D eigenvalue weighted by Gasteiger charge is -2.32. The Kier molecular flexibility index (Phi) is 4.33. The second-order valence-corrected chi connectivity index (χ2v) is 7.85. The van der Waals surface area contributed by atoms with Crippen LogP contribution in [0.1, 0.15) is 45.4 Å². The molecule has 0 spiro atoms. The molecular weight excluding hydrogens is 346 g/mol. The van der Waals surface area contributed by atoms with Crippen LogP contribution in [0.25, 0.3) is 22.5 Å². The van der Waals surface area contributed by atoms with E-state index in [1.165, 1.54) is 0 Å². The van der Waals surface area contributed by atoms with Crippen molar-refractivity contribution in [1.29, 1.82) is 0 Å². The molecule has 0 saturated carbocycles. The third-order valence-electron chi connectivity index (χ3n) is 4.61. The van der Waals surface area contributed by atoms with Crippen LogP contribution in [0.15, 0.2) is 29.0 Å². The van der Waals surface area contributed by atoms with Gasteiger partial charge in [0, 0.05) is 30.6 Å². The molecule has 142 valence electrons. The van der Waals surface area contributed by atoms with E-state index in [1.807, 2.05) is 32.9 Å². The maximum Gasteiger partial charge on any atom is 0.410 e. The van der Waals surface area contributed by atoms with Gasteiger partial charge in [-0.2, -0.15) is 4.98 Å². The number of aromatic amines is 1. The minimum atomic E-state index is -0.481. The normalized spacial score (nSPS) is 16.0. The molecule has 8 nitrogen and oxygen atoms in total. The topological polar surface area (TPSA) is 97.1 Å². The van der Waals surface area contributed by atoms with E-state index in [2.05, 4.69) is 20.1 Å². The van der Waals surface area contributed by atoms with Gasteiger partial charge in [-0.25, -0.2) is 4.79 Å². The number of likely N-dealkylation sites (tertiary alicyclic amines) is 1. The minimum Gasteiger partial charge on any atom is -0.444 e. The van der Waals surface area contributed by atoms with Crippen molar-refractivity contribution >= 4 is 17.0 Å². The Bertz CT molecular complexity index is 915. The van der Waals surface area contributed by atoms with Gasteiger partial charge in [0.25, 0.3) is 5.89 Å². The molecule has 27 heavy (non-hydrogen) atoms. The Hall–Kier alpha value is -2.90. The standard InChI is InChI=1S/C19H23N5O3/c1-19(2,3)26-18(25)24-8-5-12(6-9-24)16-22-17(27-23-16)14-10-13-4-7-20-11-15(13)21-14/h4,7,10-12,21H,5-6,8-9H2,1-3H3. The average molecular weight is 369 g/mol. The highest BCUT2D eigenvalue weighted by Gasteiger charge is 2.29. The first-order valence-electron chi connectivity index (χ1n) is 9.14. The summed E-state index contributed by atoms with van der Waals surface area (Å²) in [5.74, 6) is 1.33. The smallest absolute Gasteiger partial charge is 0.410 e. The number of carbonyl (C=O) groups is 1. The van der Waals surface area contributed by atoms with Crippen LogP contribution in [0.5, 0.6) is 0 Å². The number of pyridine rings is 1. The van der Waals surface area contributed by atoms with Gasteiger partial charge in [0.2, 0.25) is 0 Å². The first-order valence-corrected chi connectivity index (χ1v) is 9.14. The summed E-state index contributed by atoms with van der Waals surface area (Å²) in [6.07, 6.45) is 4.82. The molecule has 0 unspecified atom stereocenters. The average Bonchev–Trinajstić information content (AvgIpc) is 3.27. The van der Waals surface area contributed by atoms with Crippen molar-refractivity contribution in [1.82, 2.24) is 25.0 Å². The predicted molar refractivity (Wildman–Crippen MR) is 99.2 cm³/mol. The van der Waals surface area contributed by atoms with Crippen LogP contribution >= 0.6 is 0 Å². The molecule has 0 aliphatic carbocycles. The number of hydrogen-bond donors (Lipinski definition) is 1. The van der Waals surface area contributed by atoms with Gasteiger partial charge < -0.3 is 19.1 Å². The molecule has 1 amide bonds. The van der Waals surface area contributed by atoms with Crippen LogP contribution in [0.3, 0.4) is 0 Å². The highest BCUT2D eigenvalue weighted by atomic mass is 16.6. The number of nitrogens with zero attached hydrogens (tertiary/aromatic N) is 4. The third kappa shape index (κ3) is 3.79. The molecule has 0 atom stereocenters. The Morgan fingerprint density at radius 3 is 2.81 bits per heavy atom. The summed E-state index contributed by atoms with van der Waals surface area (Å²) >= 11 is 0. The van der Waals surface area contributed by atoms with Crippen molar-refractivity contribution in [2.75, 3.05) is 13.1 Å². The maximum absolute atomic E-state index is 12.2. The number of rotatable bonds is 2. The maximum atomic E-state index is 12.2. The molecule has 1 N–H and O–H groups in total. The van der Waals surface area contributed by atoms with Crippen molar-refractivity contribution in [2.45, 2.75) is 45.1 Å². The molecule has 8 heteroatoms. The number of H-pyrrole nitrogens is 1. The summed E-state index contributed by atoms with van der Waals surface area (Å²) in [4.78, 5) is 25.8. The van der Waals surface area contributed by atoms with Gasteiger partial charge in [-0.1, -0.05) is 5.16 Å². The molecule has 1 fully saturated rings. The number of fused-ring (bicyclic) bond motifs is 1. The molecule has 1 aliphatic heterocycles. The van der Waals surface area contributed by atoms with Crippen molar-refractivity contribution in [3.63, 3.8) is 0 Å². The number of aromatic nitrogens is 4. The Balaban J connectivity index is 1.42. The number of piperidine rings is 1. The molecule has 0 radical (unpaired) electrons. The van der Waals surface area contributed by atoms with Crippen LogP contribution < -0.4 is 0 Å². The van der Waals surface area contributed by atoms with Gasteiger partial charge in [-0.05, 0) is 45.7 Å². The lowest BCUT2D eigenvalue weighted by molar-refractivity contribution is 0.0203. The number of nitrogens with one attached hydrogen (secondary N) is 1. The van der Waals surface area contributed by atoms with Gasteiger partial charge in [0.1, 0.15) is 11.3 Å². The first kappa shape index (κ1) is 17.5. The minimum absolute atomic E-state index is 0.173. The van der Waals surface area contributed by atoms with Gasteiger partial charge in [-0.3, -0.25) is 4.98 Å². The fraction of sp³-hybridized carbons (Fsp3) is 0.474. The van der Waals surface area contributed by atoms with Crippen LogP contribution in [0.2, 0.25) is 0 Å². The van der Waals surface area contributed by atoms with Crippen LogP contribution in [0.4, 0.5) is 4.79 Å². The molecule has 3 aromatic rings. The Labute approximate surface area is 156 Å². The number of carbonyl (C=O) groups excluding carboxylic acids is 1. The highest BCUT2D eigenvalue weighted by molar-refractivity contribution is 5.83. The molecule has 0 aromatic carbocycles. The fourth-order valence-electron chi connectivity index (χ4n) is 3.24. The first-order chi connectivity index (χ1) is 12.9. The van der Waals surface area contributed by atoms with E-state index >= 15 is 0 Å². The van der Waals surface area contributed by atoms with E-state index < -0.39 is 5.60 Å². The van der Waals surface area contributed by atoms with E-state index in [9.17, 15) is 4.79 Å². The van der Waals surface area contributed by atoms with Gasteiger partial charge in [0.05, 0.1) is 11.7 Å². The van der Waals surface area contributed by atoms with Crippen LogP contribution in [-0.2, 0) is 4.74 Å². The van der Waals surface area contributed by atoms with Crippen molar-refractivity contribution in [3.8, 4) is 11.6 Å². The lowest BCUT2D eigenvalue weighted by atomic mass is 9.96. The molecule has 4 heterocycles. The predicted octanol–water partition coefficient (Wildman–Crippen LogP) is 3.73. The summed E-state index contributed by atoms with van der Waals surface area (Å²) in [6, 6.07) is 3.90. The number of hydrogen-bond acceptors (Lipinski definition) is 6. The van der Waals surface area contributed by atoms with Crippen molar-refractivity contribution in [2.24, 2.45) is 0 Å².